The predicted octanol–water partition coefficient (Wildman–Crippen LogP) is 3.13. The second-order valence-electron chi connectivity index (χ2n) is 8.25. The van der Waals surface area contributed by atoms with E-state index in [0.717, 1.165) is 11.3 Å². The third-order valence-electron chi connectivity index (χ3n) is 5.91. The summed E-state index contributed by atoms with van der Waals surface area (Å²) in [6.07, 6.45) is 0.679. The van der Waals surface area contributed by atoms with E-state index in [1.807, 2.05) is 24.3 Å². The number of carbonyl (C=O) groups excluding carboxylic acids is 4. The molecule has 2 aromatic rings. The summed E-state index contributed by atoms with van der Waals surface area (Å²) in [5.41, 5.74) is 3.03. The van der Waals surface area contributed by atoms with Gasteiger partial charge in [0.05, 0.1) is 13.0 Å². The van der Waals surface area contributed by atoms with Crippen molar-refractivity contribution in [3.05, 3.63) is 65.4 Å². The maximum atomic E-state index is 13.1. The van der Waals surface area contributed by atoms with Gasteiger partial charge in [-0.2, -0.15) is 0 Å². The number of ether oxygens (including phenoxy) is 1. The molecule has 8 heteroatoms. The Morgan fingerprint density at radius 3 is 2.15 bits per heavy atom. The number of hydrogen-bond acceptors (Lipinski definition) is 5. The summed E-state index contributed by atoms with van der Waals surface area (Å²) in [5, 5.41) is 8.27. The molecule has 0 saturated heterocycles. The van der Waals surface area contributed by atoms with Crippen LogP contribution in [0.3, 0.4) is 0 Å². The van der Waals surface area contributed by atoms with E-state index in [-0.39, 0.29) is 36.4 Å². The molecule has 3 amide bonds. The van der Waals surface area contributed by atoms with Crippen molar-refractivity contribution in [3.8, 4) is 5.75 Å². The quantitative estimate of drug-likeness (QED) is 0.652. The lowest BCUT2D eigenvalue weighted by molar-refractivity contribution is -0.129. The first-order chi connectivity index (χ1) is 15.8. The van der Waals surface area contributed by atoms with Gasteiger partial charge in [0.1, 0.15) is 5.75 Å². The number of nitrogens with one attached hydrogen (secondary N) is 3. The molecule has 0 spiro atoms. The number of rotatable bonds is 5. The van der Waals surface area contributed by atoms with Crippen LogP contribution in [0.5, 0.6) is 5.75 Å². The Kier molecular flexibility index (Phi) is 6.26. The van der Waals surface area contributed by atoms with Crippen LogP contribution in [-0.4, -0.2) is 30.6 Å². The molecular formula is C25H25N3O5. The Hall–Kier alpha value is -3.94. The number of methoxy groups -OCH3 is 1. The fourth-order valence-electron chi connectivity index (χ4n) is 4.37. The summed E-state index contributed by atoms with van der Waals surface area (Å²) in [7, 11) is 1.59. The van der Waals surface area contributed by atoms with Gasteiger partial charge in [-0.1, -0.05) is 12.1 Å². The number of hydrogen-bond donors (Lipinski definition) is 3. The lowest BCUT2D eigenvalue weighted by Crippen LogP contribution is -2.43. The van der Waals surface area contributed by atoms with Crippen LogP contribution in [0.15, 0.2) is 59.8 Å². The van der Waals surface area contributed by atoms with Crippen molar-refractivity contribution in [1.82, 2.24) is 5.32 Å². The third-order valence-corrected chi connectivity index (χ3v) is 5.91. The van der Waals surface area contributed by atoms with Crippen LogP contribution in [-0.2, 0) is 19.2 Å². The molecule has 4 rings (SSSR count). The van der Waals surface area contributed by atoms with Crippen molar-refractivity contribution in [2.45, 2.75) is 32.1 Å². The lowest BCUT2D eigenvalue weighted by atomic mass is 9.75. The van der Waals surface area contributed by atoms with Crippen molar-refractivity contribution in [3.63, 3.8) is 0 Å². The van der Waals surface area contributed by atoms with E-state index in [1.54, 1.807) is 31.4 Å². The molecule has 1 aliphatic carbocycles. The Bertz CT molecular complexity index is 1140. The normalized spacial score (nSPS) is 19.9. The number of carbonyl (C=O) groups is 4. The highest BCUT2D eigenvalue weighted by Crippen LogP contribution is 2.39. The van der Waals surface area contributed by atoms with Gasteiger partial charge in [0.25, 0.3) is 0 Å². The van der Waals surface area contributed by atoms with Crippen LogP contribution >= 0.6 is 0 Å². The standard InChI is InChI=1S/C25H25N3O5/c1-14(29)26-17-5-7-18(8-6-17)27-25(32)20-13-23(31)28-21-11-16(12-22(30)24(20)21)15-3-9-19(33-2)10-4-15/h3-10,16,20H,11-13H2,1-2H3,(H,26,29)(H,27,32)(H,28,31)/t16-,20-/m1/s1. The minimum Gasteiger partial charge on any atom is -0.497 e. The minimum atomic E-state index is -0.840. The van der Waals surface area contributed by atoms with E-state index in [9.17, 15) is 19.2 Å². The van der Waals surface area contributed by atoms with Crippen molar-refractivity contribution >= 4 is 34.9 Å². The fraction of sp³-hybridized carbons (Fsp3) is 0.280. The summed E-state index contributed by atoms with van der Waals surface area (Å²) in [6, 6.07) is 14.2. The van der Waals surface area contributed by atoms with Crippen LogP contribution in [0.25, 0.3) is 0 Å². The molecule has 0 saturated carbocycles. The van der Waals surface area contributed by atoms with Gasteiger partial charge in [0, 0.05) is 42.4 Å². The average Bonchev–Trinajstić information content (AvgIpc) is 2.79. The number of allylic oxidation sites excluding steroid dienone is 1. The zero-order valence-corrected chi connectivity index (χ0v) is 18.4. The van der Waals surface area contributed by atoms with Gasteiger partial charge in [-0.05, 0) is 54.3 Å². The van der Waals surface area contributed by atoms with Crippen LogP contribution in [0.4, 0.5) is 11.4 Å². The third kappa shape index (κ3) is 4.95. The zero-order valence-electron chi connectivity index (χ0n) is 18.4. The average molecular weight is 447 g/mol. The number of Topliss-reactive ketones (excluding diaryl/α,β-unsaturated/α-hetero) is 1. The zero-order chi connectivity index (χ0) is 23.5. The van der Waals surface area contributed by atoms with E-state index in [4.69, 9.17) is 4.74 Å². The maximum absolute atomic E-state index is 13.1. The van der Waals surface area contributed by atoms with Gasteiger partial charge < -0.3 is 20.7 Å². The summed E-state index contributed by atoms with van der Waals surface area (Å²) < 4.78 is 5.19. The highest BCUT2D eigenvalue weighted by Gasteiger charge is 2.40. The van der Waals surface area contributed by atoms with Crippen molar-refractivity contribution in [2.75, 3.05) is 17.7 Å². The monoisotopic (exact) mass is 447 g/mol. The van der Waals surface area contributed by atoms with Gasteiger partial charge in [-0.15, -0.1) is 0 Å². The molecule has 3 N–H and O–H groups in total. The highest BCUT2D eigenvalue weighted by molar-refractivity contribution is 6.09. The topological polar surface area (TPSA) is 114 Å². The second kappa shape index (κ2) is 9.28. The lowest BCUT2D eigenvalue weighted by Gasteiger charge is -2.33. The largest absolute Gasteiger partial charge is 0.497 e. The highest BCUT2D eigenvalue weighted by atomic mass is 16.5. The number of benzene rings is 2. The Labute approximate surface area is 191 Å². The molecule has 0 radical (unpaired) electrons. The van der Waals surface area contributed by atoms with Gasteiger partial charge in [-0.3, -0.25) is 19.2 Å². The van der Waals surface area contributed by atoms with Crippen LogP contribution in [0.2, 0.25) is 0 Å². The number of amides is 3. The van der Waals surface area contributed by atoms with Crippen LogP contribution in [0, 0.1) is 5.92 Å². The van der Waals surface area contributed by atoms with Crippen molar-refractivity contribution in [2.24, 2.45) is 5.92 Å². The summed E-state index contributed by atoms with van der Waals surface area (Å²) in [5.74, 6) is -1.19. The summed E-state index contributed by atoms with van der Waals surface area (Å²) in [4.78, 5) is 49.7. The first kappa shape index (κ1) is 22.3. The van der Waals surface area contributed by atoms with E-state index in [0.29, 0.717) is 29.1 Å². The Balaban J connectivity index is 1.53. The maximum Gasteiger partial charge on any atom is 0.232 e. The smallest absolute Gasteiger partial charge is 0.232 e. The van der Waals surface area contributed by atoms with Gasteiger partial charge >= 0.3 is 0 Å². The van der Waals surface area contributed by atoms with E-state index >= 15 is 0 Å². The Morgan fingerprint density at radius 1 is 0.909 bits per heavy atom. The molecule has 0 aromatic heterocycles. The van der Waals surface area contributed by atoms with E-state index < -0.39 is 11.8 Å². The van der Waals surface area contributed by atoms with Crippen molar-refractivity contribution < 1.29 is 23.9 Å². The van der Waals surface area contributed by atoms with Crippen LogP contribution < -0.4 is 20.7 Å². The molecule has 0 fully saturated rings. The van der Waals surface area contributed by atoms with E-state index in [2.05, 4.69) is 16.0 Å². The van der Waals surface area contributed by atoms with Crippen LogP contribution in [0.1, 0.15) is 37.7 Å². The number of ketones is 1. The second-order valence-corrected chi connectivity index (χ2v) is 8.25. The molecular weight excluding hydrogens is 422 g/mol. The van der Waals surface area contributed by atoms with Crippen molar-refractivity contribution in [1.29, 1.82) is 0 Å². The summed E-state index contributed by atoms with van der Waals surface area (Å²) >= 11 is 0. The molecule has 0 bridgehead atoms. The molecule has 2 aromatic carbocycles. The first-order valence-corrected chi connectivity index (χ1v) is 10.7. The molecule has 8 nitrogen and oxygen atoms in total. The SMILES string of the molecule is COc1ccc([C@H]2CC(=O)C3=C(C2)NC(=O)C[C@H]3C(=O)Nc2ccc(NC(C)=O)cc2)cc1. The minimum absolute atomic E-state index is 0.0758. The van der Waals surface area contributed by atoms with Gasteiger partial charge in [0.2, 0.25) is 17.7 Å². The van der Waals surface area contributed by atoms with E-state index in [1.165, 1.54) is 6.92 Å². The molecule has 1 heterocycles. The fourth-order valence-corrected chi connectivity index (χ4v) is 4.37. The molecule has 1 aliphatic heterocycles. The molecule has 2 atom stereocenters. The summed E-state index contributed by atoms with van der Waals surface area (Å²) in [6.45, 7) is 1.41. The van der Waals surface area contributed by atoms with Gasteiger partial charge in [0.15, 0.2) is 5.78 Å². The Morgan fingerprint density at radius 2 is 1.55 bits per heavy atom. The number of anilines is 2. The molecule has 2 aliphatic rings. The molecule has 170 valence electrons. The molecule has 0 unspecified atom stereocenters. The first-order valence-electron chi connectivity index (χ1n) is 10.7. The predicted molar refractivity (Wildman–Crippen MR) is 123 cm³/mol. The van der Waals surface area contributed by atoms with Gasteiger partial charge in [-0.25, -0.2) is 0 Å². The molecule has 33 heavy (non-hydrogen) atoms.